The van der Waals surface area contributed by atoms with E-state index in [-0.39, 0.29) is 10.8 Å². The predicted molar refractivity (Wildman–Crippen MR) is 99.4 cm³/mol. The summed E-state index contributed by atoms with van der Waals surface area (Å²) in [6, 6.07) is 11.6. The lowest BCUT2D eigenvalue weighted by Gasteiger charge is -2.11. The van der Waals surface area contributed by atoms with E-state index in [1.807, 2.05) is 20.0 Å². The van der Waals surface area contributed by atoms with Gasteiger partial charge in [-0.3, -0.25) is 9.52 Å². The van der Waals surface area contributed by atoms with Gasteiger partial charge in [0.1, 0.15) is 0 Å². The molecule has 0 fully saturated rings. The van der Waals surface area contributed by atoms with Gasteiger partial charge in [-0.2, -0.15) is 0 Å². The number of carbonyl (C=O) groups excluding carboxylic acids is 1. The number of rotatable bonds is 7. The van der Waals surface area contributed by atoms with Gasteiger partial charge in [0, 0.05) is 24.3 Å². The fourth-order valence-corrected chi connectivity index (χ4v) is 3.69. The number of likely N-dealkylation sites (N-methyl/N-ethyl adjacent to an activating group) is 1. The number of carbonyl (C=O) groups is 1. The van der Waals surface area contributed by atoms with Crippen LogP contribution >= 0.6 is 0 Å². The molecule has 134 valence electrons. The van der Waals surface area contributed by atoms with Crippen LogP contribution in [-0.2, 0) is 10.0 Å². The highest BCUT2D eigenvalue weighted by atomic mass is 32.2. The van der Waals surface area contributed by atoms with Gasteiger partial charge in [0.25, 0.3) is 15.9 Å². The van der Waals surface area contributed by atoms with Crippen molar-refractivity contribution in [1.29, 1.82) is 0 Å². The second kappa shape index (κ2) is 8.13. The average Bonchev–Trinajstić information content (AvgIpc) is 2.57. The second-order valence-corrected chi connectivity index (χ2v) is 7.46. The van der Waals surface area contributed by atoms with Gasteiger partial charge in [-0.25, -0.2) is 8.42 Å². The monoisotopic (exact) mass is 361 g/mol. The standard InChI is InChI=1S/C18H23N3O3S/c1-13-4-5-14(2)17(12-13)25(23,24)21-16-8-6-15(7-9-16)18(22)20-11-10-19-3/h4-9,12,19,21H,10-11H2,1-3H3,(H,20,22). The van der Waals surface area contributed by atoms with Gasteiger partial charge in [0.15, 0.2) is 0 Å². The molecule has 2 aromatic carbocycles. The Morgan fingerprint density at radius 1 is 1.00 bits per heavy atom. The number of nitrogens with one attached hydrogen (secondary N) is 3. The summed E-state index contributed by atoms with van der Waals surface area (Å²) in [4.78, 5) is 12.2. The molecule has 2 rings (SSSR count). The molecule has 1 amide bonds. The molecule has 0 radical (unpaired) electrons. The maximum Gasteiger partial charge on any atom is 0.262 e. The fraction of sp³-hybridized carbons (Fsp3) is 0.278. The van der Waals surface area contributed by atoms with Crippen LogP contribution in [0.25, 0.3) is 0 Å². The van der Waals surface area contributed by atoms with Crippen LogP contribution in [-0.4, -0.2) is 34.5 Å². The highest BCUT2D eigenvalue weighted by Gasteiger charge is 2.17. The lowest BCUT2D eigenvalue weighted by molar-refractivity contribution is 0.0954. The number of hydrogen-bond donors (Lipinski definition) is 3. The van der Waals surface area contributed by atoms with Crippen molar-refractivity contribution >= 4 is 21.6 Å². The molecule has 0 bridgehead atoms. The quantitative estimate of drug-likeness (QED) is 0.659. The van der Waals surface area contributed by atoms with E-state index in [4.69, 9.17) is 0 Å². The molecule has 0 heterocycles. The Hall–Kier alpha value is -2.38. The molecule has 0 aliphatic rings. The molecule has 7 heteroatoms. The van der Waals surface area contributed by atoms with Crippen LogP contribution in [0.2, 0.25) is 0 Å². The van der Waals surface area contributed by atoms with E-state index < -0.39 is 10.0 Å². The summed E-state index contributed by atoms with van der Waals surface area (Å²) in [5, 5.41) is 5.71. The normalized spacial score (nSPS) is 11.2. The fourth-order valence-electron chi connectivity index (χ4n) is 2.30. The largest absolute Gasteiger partial charge is 0.351 e. The first-order valence-corrected chi connectivity index (χ1v) is 9.45. The number of sulfonamides is 1. The van der Waals surface area contributed by atoms with Gasteiger partial charge in [-0.1, -0.05) is 12.1 Å². The third-order valence-electron chi connectivity index (χ3n) is 3.69. The molecule has 0 unspecified atom stereocenters. The van der Waals surface area contributed by atoms with Crippen molar-refractivity contribution in [3.05, 3.63) is 59.2 Å². The van der Waals surface area contributed by atoms with E-state index in [9.17, 15) is 13.2 Å². The lowest BCUT2D eigenvalue weighted by atomic mass is 10.2. The highest BCUT2D eigenvalue weighted by Crippen LogP contribution is 2.21. The smallest absolute Gasteiger partial charge is 0.262 e. The summed E-state index contributed by atoms with van der Waals surface area (Å²) in [6.45, 7) is 4.81. The van der Waals surface area contributed by atoms with Gasteiger partial charge in [0.05, 0.1) is 4.90 Å². The van der Waals surface area contributed by atoms with Crippen molar-refractivity contribution in [2.24, 2.45) is 0 Å². The van der Waals surface area contributed by atoms with Crippen molar-refractivity contribution in [2.45, 2.75) is 18.7 Å². The van der Waals surface area contributed by atoms with Gasteiger partial charge >= 0.3 is 0 Å². The molecule has 2 aromatic rings. The number of anilines is 1. The molecule has 3 N–H and O–H groups in total. The number of amides is 1. The van der Waals surface area contributed by atoms with Crippen molar-refractivity contribution < 1.29 is 13.2 Å². The minimum absolute atomic E-state index is 0.195. The molecule has 0 saturated heterocycles. The topological polar surface area (TPSA) is 87.3 Å². The molecule has 0 saturated carbocycles. The number of aryl methyl sites for hydroxylation is 2. The molecule has 6 nitrogen and oxygen atoms in total. The summed E-state index contributed by atoms with van der Waals surface area (Å²) < 4.78 is 27.7. The van der Waals surface area contributed by atoms with E-state index >= 15 is 0 Å². The maximum atomic E-state index is 12.6. The highest BCUT2D eigenvalue weighted by molar-refractivity contribution is 7.92. The van der Waals surface area contributed by atoms with E-state index in [1.165, 1.54) is 0 Å². The van der Waals surface area contributed by atoms with Gasteiger partial charge in [0.2, 0.25) is 0 Å². The summed E-state index contributed by atoms with van der Waals surface area (Å²) in [5.41, 5.74) is 2.44. The van der Waals surface area contributed by atoms with Crippen molar-refractivity contribution in [3.8, 4) is 0 Å². The van der Waals surface area contributed by atoms with E-state index in [0.717, 1.165) is 5.56 Å². The van der Waals surface area contributed by atoms with E-state index in [0.29, 0.717) is 29.9 Å². The van der Waals surface area contributed by atoms with Crippen LogP contribution in [0.3, 0.4) is 0 Å². The van der Waals surface area contributed by atoms with Crippen molar-refractivity contribution in [2.75, 3.05) is 24.9 Å². The number of benzene rings is 2. The maximum absolute atomic E-state index is 12.6. The van der Waals surface area contributed by atoms with Gasteiger partial charge < -0.3 is 10.6 Å². The Balaban J connectivity index is 2.12. The zero-order chi connectivity index (χ0) is 18.4. The van der Waals surface area contributed by atoms with E-state index in [2.05, 4.69) is 15.4 Å². The SMILES string of the molecule is CNCCNC(=O)c1ccc(NS(=O)(=O)c2cc(C)ccc2C)cc1. The first kappa shape index (κ1) is 19.0. The summed E-state index contributed by atoms with van der Waals surface area (Å²) in [7, 11) is -1.87. The summed E-state index contributed by atoms with van der Waals surface area (Å²) in [6.07, 6.45) is 0. The molecule has 0 aliphatic carbocycles. The van der Waals surface area contributed by atoms with E-state index in [1.54, 1.807) is 43.3 Å². The van der Waals surface area contributed by atoms with Gasteiger partial charge in [-0.15, -0.1) is 0 Å². The summed E-state index contributed by atoms with van der Waals surface area (Å²) >= 11 is 0. The zero-order valence-corrected chi connectivity index (χ0v) is 15.4. The predicted octanol–water partition coefficient (Wildman–Crippen LogP) is 2.05. The molecule has 0 aromatic heterocycles. The summed E-state index contributed by atoms with van der Waals surface area (Å²) in [5.74, 6) is -0.195. The van der Waals surface area contributed by atoms with Gasteiger partial charge in [-0.05, 0) is 62.4 Å². The van der Waals surface area contributed by atoms with Crippen LogP contribution < -0.4 is 15.4 Å². The average molecular weight is 361 g/mol. The Kier molecular flexibility index (Phi) is 6.17. The first-order valence-electron chi connectivity index (χ1n) is 7.96. The Bertz CT molecular complexity index is 846. The van der Waals surface area contributed by atoms with Crippen LogP contribution in [0.1, 0.15) is 21.5 Å². The van der Waals surface area contributed by atoms with Crippen molar-refractivity contribution in [3.63, 3.8) is 0 Å². The van der Waals surface area contributed by atoms with Crippen LogP contribution in [0.4, 0.5) is 5.69 Å². The Morgan fingerprint density at radius 3 is 2.32 bits per heavy atom. The molecular formula is C18H23N3O3S. The van der Waals surface area contributed by atoms with Crippen LogP contribution in [0.5, 0.6) is 0 Å². The second-order valence-electron chi connectivity index (χ2n) is 5.81. The Morgan fingerprint density at radius 2 is 1.68 bits per heavy atom. The van der Waals surface area contributed by atoms with Crippen LogP contribution in [0, 0.1) is 13.8 Å². The molecule has 0 atom stereocenters. The number of hydrogen-bond acceptors (Lipinski definition) is 4. The molecular weight excluding hydrogens is 338 g/mol. The molecule has 0 spiro atoms. The molecule has 0 aliphatic heterocycles. The third-order valence-corrected chi connectivity index (χ3v) is 5.22. The third kappa shape index (κ3) is 5.04. The van der Waals surface area contributed by atoms with Crippen LogP contribution in [0.15, 0.2) is 47.4 Å². The first-order chi connectivity index (χ1) is 11.8. The Labute approximate surface area is 148 Å². The van der Waals surface area contributed by atoms with Crippen molar-refractivity contribution in [1.82, 2.24) is 10.6 Å². The molecule has 25 heavy (non-hydrogen) atoms. The lowest BCUT2D eigenvalue weighted by Crippen LogP contribution is -2.30. The minimum atomic E-state index is -3.68. The zero-order valence-electron chi connectivity index (χ0n) is 14.6. The minimum Gasteiger partial charge on any atom is -0.351 e.